The van der Waals surface area contributed by atoms with Gasteiger partial charge in [-0.3, -0.25) is 4.79 Å². The summed E-state index contributed by atoms with van der Waals surface area (Å²) >= 11 is 0. The van der Waals surface area contributed by atoms with E-state index < -0.39 is 0 Å². The molecule has 1 aromatic carbocycles. The second-order valence-electron chi connectivity index (χ2n) is 7.19. The van der Waals surface area contributed by atoms with Crippen molar-refractivity contribution in [3.05, 3.63) is 71.2 Å². The number of nitrogens with zero attached hydrogens (tertiary/aromatic N) is 4. The molecule has 7 heteroatoms. The van der Waals surface area contributed by atoms with Crippen LogP contribution in [0.2, 0.25) is 0 Å². The minimum absolute atomic E-state index is 0.162. The Bertz CT molecular complexity index is 1030. The van der Waals surface area contributed by atoms with Gasteiger partial charge in [0, 0.05) is 35.8 Å². The normalized spacial score (nSPS) is 12.9. The molecule has 0 aliphatic carbocycles. The van der Waals surface area contributed by atoms with Crippen LogP contribution in [0.15, 0.2) is 48.8 Å². The number of nitrogen functional groups attached to an aromatic ring is 1. The molecule has 7 nitrogen and oxygen atoms in total. The Balaban J connectivity index is 1.51. The van der Waals surface area contributed by atoms with Crippen LogP contribution in [-0.2, 0) is 13.1 Å². The zero-order valence-electron chi connectivity index (χ0n) is 15.9. The number of aromatic nitrogens is 3. The van der Waals surface area contributed by atoms with Gasteiger partial charge in [-0.1, -0.05) is 26.0 Å². The number of fused-ring (bicyclic) bond motifs is 1. The lowest BCUT2D eigenvalue weighted by atomic mass is 10.0. The first-order chi connectivity index (χ1) is 13.5. The van der Waals surface area contributed by atoms with E-state index in [0.29, 0.717) is 24.6 Å². The molecule has 1 aliphatic heterocycles. The summed E-state index contributed by atoms with van der Waals surface area (Å²) in [7, 11) is 0. The van der Waals surface area contributed by atoms with Crippen molar-refractivity contribution in [3.63, 3.8) is 0 Å². The number of rotatable bonds is 4. The molecule has 0 saturated heterocycles. The van der Waals surface area contributed by atoms with Crippen molar-refractivity contribution >= 4 is 23.4 Å². The lowest BCUT2D eigenvalue weighted by Crippen LogP contribution is -2.18. The molecule has 3 N–H and O–H groups in total. The van der Waals surface area contributed by atoms with Crippen molar-refractivity contribution in [3.8, 4) is 0 Å². The quantitative estimate of drug-likeness (QED) is 0.727. The fraction of sp³-hybridized carbons (Fsp3) is 0.238. The third kappa shape index (κ3) is 3.64. The molecular weight excluding hydrogens is 352 g/mol. The summed E-state index contributed by atoms with van der Waals surface area (Å²) < 4.78 is 0. The van der Waals surface area contributed by atoms with Gasteiger partial charge in [0.25, 0.3) is 5.91 Å². The van der Waals surface area contributed by atoms with Crippen LogP contribution in [0.5, 0.6) is 0 Å². The lowest BCUT2D eigenvalue weighted by Gasteiger charge is -2.16. The Kier molecular flexibility index (Phi) is 4.65. The van der Waals surface area contributed by atoms with E-state index in [1.807, 2.05) is 18.2 Å². The van der Waals surface area contributed by atoms with E-state index in [9.17, 15) is 4.79 Å². The van der Waals surface area contributed by atoms with Crippen molar-refractivity contribution in [2.24, 2.45) is 0 Å². The summed E-state index contributed by atoms with van der Waals surface area (Å²) in [5, 5.41) is 2.97. The summed E-state index contributed by atoms with van der Waals surface area (Å²) in [5.74, 6) is 1.23. The van der Waals surface area contributed by atoms with Crippen LogP contribution in [0.1, 0.15) is 46.9 Å². The van der Waals surface area contributed by atoms with E-state index in [2.05, 4.69) is 45.1 Å². The Labute approximate surface area is 163 Å². The standard InChI is InChI=1S/C21H22N6O/c1-13(2)14-4-3-5-17(8-14)25-20(28)15-6-7-23-19(9-15)27-11-16-10-24-21(22)26-18(16)12-27/h3-10,13H,11-12H2,1-2H3,(H,25,28)(H2,22,24,26). The molecule has 1 amide bonds. The molecule has 0 saturated carbocycles. The van der Waals surface area contributed by atoms with E-state index in [1.54, 1.807) is 24.5 Å². The number of carbonyl (C=O) groups excluding carboxylic acids is 1. The Morgan fingerprint density at radius 2 is 2.04 bits per heavy atom. The van der Waals surface area contributed by atoms with Crippen molar-refractivity contribution < 1.29 is 4.79 Å². The summed E-state index contributed by atoms with van der Waals surface area (Å²) in [4.78, 5) is 27.5. The number of amides is 1. The molecule has 0 bridgehead atoms. The maximum absolute atomic E-state index is 12.7. The van der Waals surface area contributed by atoms with E-state index in [-0.39, 0.29) is 11.9 Å². The van der Waals surface area contributed by atoms with Gasteiger partial charge in [0.15, 0.2) is 0 Å². The summed E-state index contributed by atoms with van der Waals surface area (Å²) in [6.07, 6.45) is 3.40. The van der Waals surface area contributed by atoms with E-state index >= 15 is 0 Å². The van der Waals surface area contributed by atoms with Gasteiger partial charge in [-0.25, -0.2) is 15.0 Å². The summed E-state index contributed by atoms with van der Waals surface area (Å²) in [6.45, 7) is 5.49. The Morgan fingerprint density at radius 1 is 1.18 bits per heavy atom. The molecule has 28 heavy (non-hydrogen) atoms. The van der Waals surface area contributed by atoms with E-state index in [4.69, 9.17) is 5.73 Å². The van der Waals surface area contributed by atoms with Gasteiger partial charge in [-0.15, -0.1) is 0 Å². The van der Waals surface area contributed by atoms with Gasteiger partial charge < -0.3 is 16.0 Å². The zero-order chi connectivity index (χ0) is 19.7. The average molecular weight is 374 g/mol. The monoisotopic (exact) mass is 374 g/mol. The lowest BCUT2D eigenvalue weighted by molar-refractivity contribution is 0.102. The number of hydrogen-bond donors (Lipinski definition) is 2. The molecule has 0 radical (unpaired) electrons. The fourth-order valence-electron chi connectivity index (χ4n) is 3.24. The number of pyridine rings is 1. The molecule has 0 unspecified atom stereocenters. The molecule has 142 valence electrons. The first kappa shape index (κ1) is 17.9. The smallest absolute Gasteiger partial charge is 0.255 e. The van der Waals surface area contributed by atoms with Crippen LogP contribution in [0.25, 0.3) is 0 Å². The SMILES string of the molecule is CC(C)c1cccc(NC(=O)c2ccnc(N3Cc4cnc(N)nc4C3)c2)c1. The molecule has 3 aromatic rings. The number of carbonyl (C=O) groups is 1. The molecule has 4 rings (SSSR count). The number of benzene rings is 1. The van der Waals surface area contributed by atoms with Crippen LogP contribution in [0.4, 0.5) is 17.5 Å². The van der Waals surface area contributed by atoms with E-state index in [1.165, 1.54) is 5.56 Å². The highest BCUT2D eigenvalue weighted by atomic mass is 16.1. The first-order valence-corrected chi connectivity index (χ1v) is 9.22. The minimum atomic E-state index is -0.162. The van der Waals surface area contributed by atoms with Crippen molar-refractivity contribution in [2.75, 3.05) is 16.0 Å². The highest BCUT2D eigenvalue weighted by Crippen LogP contribution is 2.26. The Hall–Kier alpha value is -3.48. The van der Waals surface area contributed by atoms with Gasteiger partial charge in [0.2, 0.25) is 5.95 Å². The summed E-state index contributed by atoms with van der Waals surface area (Å²) in [5.41, 5.74) is 10.1. The molecule has 0 fully saturated rings. The maximum Gasteiger partial charge on any atom is 0.255 e. The molecule has 0 spiro atoms. The number of nitrogens with one attached hydrogen (secondary N) is 1. The van der Waals surface area contributed by atoms with Gasteiger partial charge in [0.05, 0.1) is 12.2 Å². The largest absolute Gasteiger partial charge is 0.368 e. The van der Waals surface area contributed by atoms with Gasteiger partial charge >= 0.3 is 0 Å². The number of anilines is 3. The predicted octanol–water partition coefficient (Wildman–Crippen LogP) is 3.35. The van der Waals surface area contributed by atoms with Gasteiger partial charge in [-0.2, -0.15) is 0 Å². The maximum atomic E-state index is 12.7. The highest BCUT2D eigenvalue weighted by Gasteiger charge is 2.23. The molecule has 0 atom stereocenters. The van der Waals surface area contributed by atoms with Crippen molar-refractivity contribution in [2.45, 2.75) is 32.9 Å². The third-order valence-corrected chi connectivity index (χ3v) is 4.82. The third-order valence-electron chi connectivity index (χ3n) is 4.82. The average Bonchev–Trinajstić information content (AvgIpc) is 3.11. The fourth-order valence-corrected chi connectivity index (χ4v) is 3.24. The Morgan fingerprint density at radius 3 is 2.86 bits per heavy atom. The molecule has 3 heterocycles. The number of hydrogen-bond acceptors (Lipinski definition) is 6. The topological polar surface area (TPSA) is 97.0 Å². The van der Waals surface area contributed by atoms with Crippen LogP contribution in [0, 0.1) is 0 Å². The summed E-state index contributed by atoms with van der Waals surface area (Å²) in [6, 6.07) is 11.4. The van der Waals surface area contributed by atoms with Gasteiger partial charge in [0.1, 0.15) is 5.82 Å². The minimum Gasteiger partial charge on any atom is -0.368 e. The van der Waals surface area contributed by atoms with Gasteiger partial charge in [-0.05, 0) is 35.7 Å². The second kappa shape index (κ2) is 7.26. The molecule has 2 aromatic heterocycles. The van der Waals surface area contributed by atoms with Crippen LogP contribution in [0.3, 0.4) is 0 Å². The van der Waals surface area contributed by atoms with Crippen molar-refractivity contribution in [1.29, 1.82) is 0 Å². The highest BCUT2D eigenvalue weighted by molar-refractivity contribution is 6.04. The van der Waals surface area contributed by atoms with E-state index in [0.717, 1.165) is 22.8 Å². The van der Waals surface area contributed by atoms with Crippen LogP contribution in [-0.4, -0.2) is 20.9 Å². The number of nitrogens with two attached hydrogens (primary N) is 1. The van der Waals surface area contributed by atoms with Crippen LogP contribution < -0.4 is 16.0 Å². The zero-order valence-corrected chi connectivity index (χ0v) is 15.9. The molecule has 1 aliphatic rings. The second-order valence-corrected chi connectivity index (χ2v) is 7.19. The predicted molar refractivity (Wildman–Crippen MR) is 109 cm³/mol. The van der Waals surface area contributed by atoms with Crippen LogP contribution >= 0.6 is 0 Å². The van der Waals surface area contributed by atoms with Crippen molar-refractivity contribution in [1.82, 2.24) is 15.0 Å². The molecular formula is C21H22N6O. The first-order valence-electron chi connectivity index (χ1n) is 9.22.